The first-order chi connectivity index (χ1) is 12.5. The maximum Gasteiger partial charge on any atom is 0.115 e. The first-order valence-electron chi connectivity index (χ1n) is 9.38. The molecule has 146 valence electrons. The molecule has 0 aliphatic heterocycles. The minimum Gasteiger partial charge on any atom is -0.508 e. The summed E-state index contributed by atoms with van der Waals surface area (Å²) in [5, 5.41) is 19.3. The van der Waals surface area contributed by atoms with Crippen molar-refractivity contribution in [3.05, 3.63) is 70.8 Å². The molecule has 0 amide bonds. The standard InChI is InChI=1S/C23H29NO2.ClH/c1-24(2)15-21-10-9-18(11-17-5-3-6-19(12-17)16-25)13-23(21)20-7-4-8-22(26)14-20;/h3-8,11-12,14,21,23,25-26H,9-10,13,15-16H2,1-2H3;1H/b18-11-;. The van der Waals surface area contributed by atoms with Crippen LogP contribution in [0.3, 0.4) is 0 Å². The Morgan fingerprint density at radius 3 is 2.59 bits per heavy atom. The molecule has 2 atom stereocenters. The van der Waals surface area contributed by atoms with Gasteiger partial charge in [0, 0.05) is 6.54 Å². The zero-order valence-corrected chi connectivity index (χ0v) is 17.0. The Labute approximate surface area is 168 Å². The Bertz CT molecular complexity index is 772. The fourth-order valence-corrected chi connectivity index (χ4v) is 4.10. The monoisotopic (exact) mass is 387 g/mol. The smallest absolute Gasteiger partial charge is 0.115 e. The van der Waals surface area contributed by atoms with Gasteiger partial charge in [0.15, 0.2) is 0 Å². The molecule has 0 radical (unpaired) electrons. The molecule has 27 heavy (non-hydrogen) atoms. The zero-order valence-electron chi connectivity index (χ0n) is 16.1. The predicted octanol–water partition coefficient (Wildman–Crippen LogP) is 4.84. The maximum atomic E-state index is 9.92. The van der Waals surface area contributed by atoms with E-state index in [9.17, 15) is 10.2 Å². The Balaban J connectivity index is 0.00000261. The lowest BCUT2D eigenvalue weighted by Crippen LogP contribution is -2.29. The highest BCUT2D eigenvalue weighted by molar-refractivity contribution is 5.85. The normalized spacial score (nSPS) is 21.3. The number of rotatable bonds is 5. The summed E-state index contributed by atoms with van der Waals surface area (Å²) in [5.41, 5.74) is 4.78. The van der Waals surface area contributed by atoms with Gasteiger partial charge in [-0.1, -0.05) is 42.0 Å². The second-order valence-corrected chi connectivity index (χ2v) is 7.67. The number of aromatic hydroxyl groups is 1. The Kier molecular flexibility index (Phi) is 7.91. The van der Waals surface area contributed by atoms with Crippen LogP contribution in [0.25, 0.3) is 6.08 Å². The molecule has 2 aromatic rings. The van der Waals surface area contributed by atoms with Gasteiger partial charge >= 0.3 is 0 Å². The number of nitrogens with zero attached hydrogens (tertiary/aromatic N) is 1. The molecule has 1 fully saturated rings. The van der Waals surface area contributed by atoms with Crippen LogP contribution >= 0.6 is 12.4 Å². The van der Waals surface area contributed by atoms with Gasteiger partial charge in [-0.15, -0.1) is 12.4 Å². The quantitative estimate of drug-likeness (QED) is 0.771. The van der Waals surface area contributed by atoms with Crippen LogP contribution in [0.2, 0.25) is 0 Å². The number of phenolic OH excluding ortho intramolecular Hbond substituents is 1. The van der Waals surface area contributed by atoms with Gasteiger partial charge in [-0.2, -0.15) is 0 Å². The molecule has 4 heteroatoms. The summed E-state index contributed by atoms with van der Waals surface area (Å²) in [6.45, 7) is 1.14. The maximum absolute atomic E-state index is 9.92. The Hall–Kier alpha value is -1.81. The van der Waals surface area contributed by atoms with Crippen LogP contribution in [0.1, 0.15) is 41.9 Å². The van der Waals surface area contributed by atoms with Gasteiger partial charge < -0.3 is 15.1 Å². The van der Waals surface area contributed by atoms with Gasteiger partial charge in [-0.25, -0.2) is 0 Å². The van der Waals surface area contributed by atoms with Crippen molar-refractivity contribution in [2.75, 3.05) is 20.6 Å². The lowest BCUT2D eigenvalue weighted by molar-refractivity contribution is 0.256. The average molecular weight is 388 g/mol. The van der Waals surface area contributed by atoms with Crippen molar-refractivity contribution < 1.29 is 10.2 Å². The van der Waals surface area contributed by atoms with E-state index >= 15 is 0 Å². The van der Waals surface area contributed by atoms with Crippen LogP contribution < -0.4 is 0 Å². The van der Waals surface area contributed by atoms with E-state index in [-0.39, 0.29) is 19.0 Å². The van der Waals surface area contributed by atoms with E-state index in [0.29, 0.717) is 17.6 Å². The lowest BCUT2D eigenvalue weighted by atomic mass is 9.73. The minimum absolute atomic E-state index is 0. The van der Waals surface area contributed by atoms with Crippen LogP contribution in [-0.2, 0) is 6.61 Å². The van der Waals surface area contributed by atoms with Gasteiger partial charge in [0.2, 0.25) is 0 Å². The van der Waals surface area contributed by atoms with Crippen molar-refractivity contribution in [1.82, 2.24) is 4.90 Å². The van der Waals surface area contributed by atoms with E-state index in [1.54, 1.807) is 6.07 Å². The van der Waals surface area contributed by atoms with E-state index in [4.69, 9.17) is 0 Å². The summed E-state index contributed by atoms with van der Waals surface area (Å²) in [5.74, 6) is 1.36. The average Bonchev–Trinajstić information content (AvgIpc) is 2.63. The van der Waals surface area contributed by atoms with Crippen molar-refractivity contribution in [2.24, 2.45) is 5.92 Å². The van der Waals surface area contributed by atoms with Crippen LogP contribution in [0.15, 0.2) is 54.1 Å². The Morgan fingerprint density at radius 2 is 1.89 bits per heavy atom. The summed E-state index contributed by atoms with van der Waals surface area (Å²) >= 11 is 0. The molecule has 2 unspecified atom stereocenters. The molecule has 0 aromatic heterocycles. The van der Waals surface area contributed by atoms with Crippen molar-refractivity contribution in [1.29, 1.82) is 0 Å². The van der Waals surface area contributed by atoms with Crippen LogP contribution in [-0.4, -0.2) is 35.8 Å². The molecular formula is C23H30ClNO2. The number of aliphatic hydroxyl groups excluding tert-OH is 1. The number of aliphatic hydroxyl groups is 1. The molecule has 0 bridgehead atoms. The molecule has 3 rings (SSSR count). The number of allylic oxidation sites excluding steroid dienone is 1. The number of phenols is 1. The minimum atomic E-state index is 0. The molecule has 2 aromatic carbocycles. The molecule has 0 spiro atoms. The summed E-state index contributed by atoms with van der Waals surface area (Å²) in [6, 6.07) is 15.9. The van der Waals surface area contributed by atoms with Crippen molar-refractivity contribution in [2.45, 2.75) is 31.8 Å². The van der Waals surface area contributed by atoms with E-state index < -0.39 is 0 Å². The fraction of sp³-hybridized carbons (Fsp3) is 0.391. The molecule has 0 heterocycles. The van der Waals surface area contributed by atoms with Crippen molar-refractivity contribution in [3.63, 3.8) is 0 Å². The van der Waals surface area contributed by atoms with Gasteiger partial charge in [-0.05, 0) is 80.1 Å². The van der Waals surface area contributed by atoms with E-state index in [0.717, 1.165) is 36.9 Å². The molecule has 0 saturated heterocycles. The van der Waals surface area contributed by atoms with Crippen LogP contribution in [0.5, 0.6) is 5.75 Å². The third-order valence-corrected chi connectivity index (χ3v) is 5.29. The largest absolute Gasteiger partial charge is 0.508 e. The van der Waals surface area contributed by atoms with Gasteiger partial charge in [-0.3, -0.25) is 0 Å². The SMILES string of the molecule is CN(C)CC1CC/C(=C/c2cccc(CO)c2)CC1c1cccc(O)c1.Cl. The number of benzene rings is 2. The van der Waals surface area contributed by atoms with E-state index in [1.807, 2.05) is 24.3 Å². The highest BCUT2D eigenvalue weighted by Crippen LogP contribution is 2.42. The van der Waals surface area contributed by atoms with Crippen LogP contribution in [0.4, 0.5) is 0 Å². The van der Waals surface area contributed by atoms with Gasteiger partial charge in [0.25, 0.3) is 0 Å². The molecule has 3 nitrogen and oxygen atoms in total. The molecule has 2 N–H and O–H groups in total. The molecule has 1 aliphatic rings. The zero-order chi connectivity index (χ0) is 18.5. The molecular weight excluding hydrogens is 358 g/mol. The summed E-state index contributed by atoms with van der Waals surface area (Å²) in [7, 11) is 4.26. The number of halogens is 1. The Morgan fingerprint density at radius 1 is 1.11 bits per heavy atom. The molecule has 1 aliphatic carbocycles. The number of hydrogen-bond donors (Lipinski definition) is 2. The van der Waals surface area contributed by atoms with Crippen LogP contribution in [0, 0.1) is 5.92 Å². The second kappa shape index (κ2) is 9.93. The first kappa shape index (κ1) is 21.5. The first-order valence-corrected chi connectivity index (χ1v) is 9.38. The topological polar surface area (TPSA) is 43.7 Å². The summed E-state index contributed by atoms with van der Waals surface area (Å²) in [6.07, 6.45) is 5.56. The molecule has 1 saturated carbocycles. The fourth-order valence-electron chi connectivity index (χ4n) is 4.10. The highest BCUT2D eigenvalue weighted by atomic mass is 35.5. The summed E-state index contributed by atoms with van der Waals surface area (Å²) in [4.78, 5) is 2.26. The predicted molar refractivity (Wildman–Crippen MR) is 114 cm³/mol. The summed E-state index contributed by atoms with van der Waals surface area (Å²) < 4.78 is 0. The highest BCUT2D eigenvalue weighted by Gasteiger charge is 2.29. The van der Waals surface area contributed by atoms with Gasteiger partial charge in [0.05, 0.1) is 6.61 Å². The second-order valence-electron chi connectivity index (χ2n) is 7.67. The number of hydrogen-bond acceptors (Lipinski definition) is 3. The van der Waals surface area contributed by atoms with E-state index in [1.165, 1.54) is 11.1 Å². The van der Waals surface area contributed by atoms with Crippen molar-refractivity contribution in [3.8, 4) is 5.75 Å². The third-order valence-electron chi connectivity index (χ3n) is 5.29. The lowest BCUT2D eigenvalue weighted by Gasteiger charge is -2.35. The van der Waals surface area contributed by atoms with Gasteiger partial charge in [0.1, 0.15) is 5.75 Å². The third kappa shape index (κ3) is 5.83. The van der Waals surface area contributed by atoms with E-state index in [2.05, 4.69) is 43.3 Å². The van der Waals surface area contributed by atoms with Crippen molar-refractivity contribution >= 4 is 18.5 Å².